The summed E-state index contributed by atoms with van der Waals surface area (Å²) >= 11 is 0. The first kappa shape index (κ1) is 17.4. The van der Waals surface area contributed by atoms with Crippen LogP contribution in [0.3, 0.4) is 0 Å². The average Bonchev–Trinajstić information content (AvgIpc) is 2.94. The number of halogens is 3. The summed E-state index contributed by atoms with van der Waals surface area (Å²) in [6, 6.07) is 7.35. The first-order valence-corrected chi connectivity index (χ1v) is 7.63. The fourth-order valence-electron chi connectivity index (χ4n) is 3.55. The summed E-state index contributed by atoms with van der Waals surface area (Å²) in [5.41, 5.74) is 1.15. The van der Waals surface area contributed by atoms with Crippen molar-refractivity contribution in [3.63, 3.8) is 0 Å². The Kier molecular flexibility index (Phi) is 6.01. The zero-order chi connectivity index (χ0) is 14.8. The third kappa shape index (κ3) is 3.89. The van der Waals surface area contributed by atoms with Gasteiger partial charge in [0.15, 0.2) is 0 Å². The molecule has 0 saturated carbocycles. The van der Waals surface area contributed by atoms with E-state index in [1.54, 1.807) is 12.1 Å². The second-order valence-corrected chi connectivity index (χ2v) is 6.09. The van der Waals surface area contributed by atoms with E-state index in [4.69, 9.17) is 0 Å². The Morgan fingerprint density at radius 3 is 2.55 bits per heavy atom. The minimum atomic E-state index is -2.76. The monoisotopic (exact) mass is 332 g/mol. The standard InChI is InChI=1S/C16H22F2N2O.ClH/c1-11(12-2-4-15(5-3-12)21-16(17)18)20-7-6-13-8-19-9-14(13)10-20;/h2-5,11,13-14,16,19H,6-10H2,1H3;1H. The maximum atomic E-state index is 12.2. The highest BCUT2D eigenvalue weighted by molar-refractivity contribution is 5.85. The van der Waals surface area contributed by atoms with Gasteiger partial charge < -0.3 is 10.1 Å². The average molecular weight is 333 g/mol. The summed E-state index contributed by atoms with van der Waals surface area (Å²) in [5, 5.41) is 3.47. The van der Waals surface area contributed by atoms with Crippen molar-refractivity contribution < 1.29 is 13.5 Å². The predicted octanol–water partition coefficient (Wildman–Crippen LogP) is 3.31. The molecule has 3 unspecified atom stereocenters. The highest BCUT2D eigenvalue weighted by Gasteiger charge is 2.34. The molecule has 3 nitrogen and oxygen atoms in total. The van der Waals surface area contributed by atoms with Crippen LogP contribution in [0.5, 0.6) is 5.75 Å². The zero-order valence-corrected chi connectivity index (χ0v) is 13.5. The van der Waals surface area contributed by atoms with Crippen LogP contribution in [-0.2, 0) is 0 Å². The molecule has 2 aliphatic rings. The van der Waals surface area contributed by atoms with Crippen LogP contribution in [0.2, 0.25) is 0 Å². The van der Waals surface area contributed by atoms with Crippen molar-refractivity contribution in [2.45, 2.75) is 26.0 Å². The summed E-state index contributed by atoms with van der Waals surface area (Å²) in [4.78, 5) is 2.50. The summed E-state index contributed by atoms with van der Waals surface area (Å²) in [7, 11) is 0. The molecule has 0 spiro atoms. The Morgan fingerprint density at radius 1 is 1.18 bits per heavy atom. The van der Waals surface area contributed by atoms with Gasteiger partial charge in [-0.1, -0.05) is 12.1 Å². The molecule has 1 aromatic rings. The second kappa shape index (κ2) is 7.57. The first-order valence-electron chi connectivity index (χ1n) is 7.63. The molecule has 2 fully saturated rings. The number of benzene rings is 1. The van der Waals surface area contributed by atoms with Gasteiger partial charge in [-0.05, 0) is 62.5 Å². The third-order valence-corrected chi connectivity index (χ3v) is 4.87. The predicted molar refractivity (Wildman–Crippen MR) is 84.8 cm³/mol. The van der Waals surface area contributed by atoms with Crippen LogP contribution in [0.1, 0.15) is 24.9 Å². The number of nitrogens with zero attached hydrogens (tertiary/aromatic N) is 1. The number of likely N-dealkylation sites (tertiary alicyclic amines) is 1. The maximum Gasteiger partial charge on any atom is 0.387 e. The van der Waals surface area contributed by atoms with Crippen LogP contribution < -0.4 is 10.1 Å². The Balaban J connectivity index is 0.00000176. The van der Waals surface area contributed by atoms with E-state index in [0.29, 0.717) is 6.04 Å². The van der Waals surface area contributed by atoms with Crippen LogP contribution in [0.15, 0.2) is 24.3 Å². The van der Waals surface area contributed by atoms with Crippen LogP contribution in [0.25, 0.3) is 0 Å². The van der Waals surface area contributed by atoms with E-state index in [1.807, 2.05) is 12.1 Å². The van der Waals surface area contributed by atoms with Crippen molar-refractivity contribution in [1.29, 1.82) is 0 Å². The summed E-state index contributed by atoms with van der Waals surface area (Å²) in [6.45, 7) is 3.93. The Bertz CT molecular complexity index is 472. The van der Waals surface area contributed by atoms with E-state index in [0.717, 1.165) is 43.6 Å². The van der Waals surface area contributed by atoms with Crippen LogP contribution >= 0.6 is 12.4 Å². The number of piperidine rings is 1. The Labute approximate surface area is 136 Å². The van der Waals surface area contributed by atoms with E-state index < -0.39 is 6.61 Å². The lowest BCUT2D eigenvalue weighted by Gasteiger charge is -2.38. The van der Waals surface area contributed by atoms with Crippen molar-refractivity contribution in [3.05, 3.63) is 29.8 Å². The molecule has 2 aliphatic heterocycles. The second-order valence-electron chi connectivity index (χ2n) is 6.09. The smallest absolute Gasteiger partial charge is 0.387 e. The normalized spacial score (nSPS) is 26.4. The molecule has 6 heteroatoms. The van der Waals surface area contributed by atoms with E-state index in [9.17, 15) is 8.78 Å². The highest BCUT2D eigenvalue weighted by Crippen LogP contribution is 2.32. The fourth-order valence-corrected chi connectivity index (χ4v) is 3.55. The summed E-state index contributed by atoms with van der Waals surface area (Å²) < 4.78 is 28.7. The first-order chi connectivity index (χ1) is 10.1. The molecule has 2 heterocycles. The maximum absolute atomic E-state index is 12.2. The van der Waals surface area contributed by atoms with Crippen molar-refractivity contribution in [1.82, 2.24) is 10.2 Å². The molecular weight excluding hydrogens is 310 g/mol. The van der Waals surface area contributed by atoms with Gasteiger partial charge >= 0.3 is 6.61 Å². The number of hydrogen-bond acceptors (Lipinski definition) is 3. The van der Waals surface area contributed by atoms with Crippen LogP contribution in [0.4, 0.5) is 8.78 Å². The van der Waals surface area contributed by atoms with Crippen molar-refractivity contribution >= 4 is 12.4 Å². The molecule has 3 rings (SSSR count). The Hall–Kier alpha value is -0.910. The lowest BCUT2D eigenvalue weighted by Crippen LogP contribution is -2.41. The molecule has 0 radical (unpaired) electrons. The number of rotatable bonds is 4. The van der Waals surface area contributed by atoms with Gasteiger partial charge in [0, 0.05) is 12.6 Å². The Morgan fingerprint density at radius 2 is 1.86 bits per heavy atom. The van der Waals surface area contributed by atoms with E-state index in [2.05, 4.69) is 21.9 Å². The van der Waals surface area contributed by atoms with Crippen LogP contribution in [0, 0.1) is 11.8 Å². The summed E-state index contributed by atoms with van der Waals surface area (Å²) in [5.74, 6) is 1.80. The molecule has 0 amide bonds. The number of fused-ring (bicyclic) bond motifs is 1. The highest BCUT2D eigenvalue weighted by atomic mass is 35.5. The number of nitrogens with one attached hydrogen (secondary N) is 1. The molecule has 1 N–H and O–H groups in total. The lowest BCUT2D eigenvalue weighted by molar-refractivity contribution is -0.0498. The molecular formula is C16H23ClF2N2O. The van der Waals surface area contributed by atoms with Crippen molar-refractivity contribution in [3.8, 4) is 5.75 Å². The van der Waals surface area contributed by atoms with Gasteiger partial charge in [-0.3, -0.25) is 4.90 Å². The van der Waals surface area contributed by atoms with Gasteiger partial charge in [-0.25, -0.2) is 0 Å². The molecule has 3 atom stereocenters. The molecule has 1 aromatic carbocycles. The zero-order valence-electron chi connectivity index (χ0n) is 12.7. The number of hydrogen-bond donors (Lipinski definition) is 1. The minimum Gasteiger partial charge on any atom is -0.435 e. The molecule has 124 valence electrons. The van der Waals surface area contributed by atoms with E-state index in [1.165, 1.54) is 6.42 Å². The topological polar surface area (TPSA) is 24.5 Å². The lowest BCUT2D eigenvalue weighted by atomic mass is 9.87. The SMILES string of the molecule is CC(c1ccc(OC(F)F)cc1)N1CCC2CNCC2C1.Cl. The molecule has 0 bridgehead atoms. The van der Waals surface area contributed by atoms with E-state index in [-0.39, 0.29) is 18.2 Å². The van der Waals surface area contributed by atoms with Gasteiger partial charge in [0.2, 0.25) is 0 Å². The van der Waals surface area contributed by atoms with Gasteiger partial charge in [-0.15, -0.1) is 12.4 Å². The van der Waals surface area contributed by atoms with E-state index >= 15 is 0 Å². The fraction of sp³-hybridized carbons (Fsp3) is 0.625. The van der Waals surface area contributed by atoms with Gasteiger partial charge in [0.05, 0.1) is 0 Å². The van der Waals surface area contributed by atoms with Gasteiger partial charge in [-0.2, -0.15) is 8.78 Å². The third-order valence-electron chi connectivity index (χ3n) is 4.87. The molecule has 22 heavy (non-hydrogen) atoms. The largest absolute Gasteiger partial charge is 0.435 e. The minimum absolute atomic E-state index is 0. The van der Waals surface area contributed by atoms with Crippen molar-refractivity contribution in [2.24, 2.45) is 11.8 Å². The molecule has 2 saturated heterocycles. The van der Waals surface area contributed by atoms with Crippen LogP contribution in [-0.4, -0.2) is 37.7 Å². The molecule has 0 aliphatic carbocycles. The molecule has 0 aromatic heterocycles. The number of alkyl halides is 2. The summed E-state index contributed by atoms with van der Waals surface area (Å²) in [6.07, 6.45) is 1.24. The van der Waals surface area contributed by atoms with Crippen molar-refractivity contribution in [2.75, 3.05) is 26.2 Å². The quantitative estimate of drug-likeness (QED) is 0.915. The van der Waals surface area contributed by atoms with Gasteiger partial charge in [0.1, 0.15) is 5.75 Å². The van der Waals surface area contributed by atoms with Gasteiger partial charge in [0.25, 0.3) is 0 Å². The number of ether oxygens (including phenoxy) is 1.